The van der Waals surface area contributed by atoms with Gasteiger partial charge in [-0.25, -0.2) is 0 Å². The maximum Gasteiger partial charge on any atom is 0.139 e. The van der Waals surface area contributed by atoms with Gasteiger partial charge >= 0.3 is 0 Å². The van der Waals surface area contributed by atoms with E-state index in [1.54, 1.807) is 0 Å². The van der Waals surface area contributed by atoms with Crippen molar-refractivity contribution in [1.82, 2.24) is 0 Å². The second-order valence-corrected chi connectivity index (χ2v) is 10.8. The van der Waals surface area contributed by atoms with E-state index in [9.17, 15) is 4.79 Å². The molecule has 0 saturated heterocycles. The molecular weight excluding hydrogens is 318 g/mol. The van der Waals surface area contributed by atoms with Gasteiger partial charge in [0.1, 0.15) is 5.78 Å². The molecule has 0 aromatic heterocycles. The fraction of sp³-hybridized carbons (Fsp3) is 0.958. The number of hydrogen-bond acceptors (Lipinski definition) is 2. The highest BCUT2D eigenvalue weighted by Gasteiger charge is 2.63. The number of carbonyl (C=O) groups is 1. The third-order valence-corrected chi connectivity index (χ3v) is 10.0. The van der Waals surface area contributed by atoms with Crippen LogP contribution in [0.2, 0.25) is 0 Å². The van der Waals surface area contributed by atoms with Gasteiger partial charge in [-0.2, -0.15) is 0 Å². The van der Waals surface area contributed by atoms with Crippen LogP contribution in [0.5, 0.6) is 0 Å². The minimum atomic E-state index is 0.354. The van der Waals surface area contributed by atoms with E-state index in [0.29, 0.717) is 46.2 Å². The molecule has 2 N–H and O–H groups in total. The average Bonchev–Trinajstić information content (AvgIpc) is 2.97. The zero-order chi connectivity index (χ0) is 18.5. The van der Waals surface area contributed by atoms with Crippen molar-refractivity contribution >= 4 is 5.78 Å². The number of rotatable bonds is 4. The smallest absolute Gasteiger partial charge is 0.139 e. The highest BCUT2D eigenvalue weighted by atomic mass is 16.1. The average molecular weight is 360 g/mol. The van der Waals surface area contributed by atoms with Gasteiger partial charge in [-0.3, -0.25) is 4.79 Å². The third-order valence-electron chi connectivity index (χ3n) is 10.0. The lowest BCUT2D eigenvalue weighted by molar-refractivity contribution is -0.167. The monoisotopic (exact) mass is 359 g/mol. The van der Waals surface area contributed by atoms with E-state index in [4.69, 9.17) is 5.73 Å². The van der Waals surface area contributed by atoms with Crippen molar-refractivity contribution in [3.05, 3.63) is 0 Å². The van der Waals surface area contributed by atoms with Gasteiger partial charge in [0.2, 0.25) is 0 Å². The first-order valence-electron chi connectivity index (χ1n) is 11.7. The lowest BCUT2D eigenvalue weighted by Crippen LogP contribution is -2.59. The first-order valence-corrected chi connectivity index (χ1v) is 11.7. The SMILES string of the molecule is CC[C@H]1C(=O)C2C3CCC(CCCN)C3(C)CC[C@@H]2C2(C)CCCCC12. The van der Waals surface area contributed by atoms with Crippen LogP contribution in [0.3, 0.4) is 0 Å². The molecule has 0 aromatic rings. The second kappa shape index (κ2) is 6.90. The summed E-state index contributed by atoms with van der Waals surface area (Å²) in [5.41, 5.74) is 6.66. The Balaban J connectivity index is 1.66. The van der Waals surface area contributed by atoms with Crippen molar-refractivity contribution in [1.29, 1.82) is 0 Å². The summed E-state index contributed by atoms with van der Waals surface area (Å²) in [6.07, 6.45) is 14.3. The lowest BCUT2D eigenvalue weighted by atomic mass is 9.42. The quantitative estimate of drug-likeness (QED) is 0.711. The topological polar surface area (TPSA) is 43.1 Å². The first-order chi connectivity index (χ1) is 12.5. The number of fused-ring (bicyclic) bond motifs is 5. The van der Waals surface area contributed by atoms with Crippen LogP contribution >= 0.6 is 0 Å². The van der Waals surface area contributed by atoms with Crippen molar-refractivity contribution in [2.75, 3.05) is 6.54 Å². The number of ketones is 1. The van der Waals surface area contributed by atoms with Gasteiger partial charge in [-0.1, -0.05) is 33.6 Å². The molecule has 4 saturated carbocycles. The van der Waals surface area contributed by atoms with Crippen LogP contribution in [0.25, 0.3) is 0 Å². The van der Waals surface area contributed by atoms with E-state index < -0.39 is 0 Å². The number of hydrogen-bond donors (Lipinski definition) is 1. The zero-order valence-electron chi connectivity index (χ0n) is 17.4. The molecule has 0 bridgehead atoms. The Morgan fingerprint density at radius 1 is 0.962 bits per heavy atom. The molecule has 0 amide bonds. The number of Topliss-reactive ketones (excluding diaryl/α,β-unsaturated/α-hetero) is 1. The number of nitrogens with two attached hydrogens (primary N) is 1. The molecule has 4 rings (SSSR count). The summed E-state index contributed by atoms with van der Waals surface area (Å²) < 4.78 is 0. The van der Waals surface area contributed by atoms with Gasteiger partial charge in [0.25, 0.3) is 0 Å². The Morgan fingerprint density at radius 2 is 1.73 bits per heavy atom. The van der Waals surface area contributed by atoms with Crippen molar-refractivity contribution in [2.24, 2.45) is 52.1 Å². The standard InChI is InChI=1S/C24H41NO/c1-4-17-18-9-5-6-13-24(18,3)20-12-14-23(2)16(8-7-15-25)10-11-19(23)21(20)22(17)26/h16-21H,4-15,25H2,1-3H3/t16?,17-,18?,19?,20+,21?,23?,24?/m1/s1. The summed E-state index contributed by atoms with van der Waals surface area (Å²) >= 11 is 0. The normalized spacial score (nSPS) is 50.8. The molecule has 0 radical (unpaired) electrons. The Hall–Kier alpha value is -0.370. The van der Waals surface area contributed by atoms with Crippen molar-refractivity contribution < 1.29 is 4.79 Å². The molecule has 4 aliphatic rings. The molecule has 0 aromatic carbocycles. The fourth-order valence-corrected chi connectivity index (χ4v) is 8.66. The predicted molar refractivity (Wildman–Crippen MR) is 108 cm³/mol. The molecule has 148 valence electrons. The van der Waals surface area contributed by atoms with Crippen molar-refractivity contribution in [3.63, 3.8) is 0 Å². The first kappa shape index (κ1) is 19.0. The summed E-state index contributed by atoms with van der Waals surface area (Å²) in [6, 6.07) is 0. The molecule has 8 atom stereocenters. The summed E-state index contributed by atoms with van der Waals surface area (Å²) in [5.74, 6) is 4.24. The minimum absolute atomic E-state index is 0.354. The summed E-state index contributed by atoms with van der Waals surface area (Å²) in [4.78, 5) is 13.8. The maximum atomic E-state index is 13.8. The van der Waals surface area contributed by atoms with Gasteiger partial charge in [0.05, 0.1) is 0 Å². The largest absolute Gasteiger partial charge is 0.330 e. The molecule has 4 aliphatic carbocycles. The molecule has 26 heavy (non-hydrogen) atoms. The Morgan fingerprint density at radius 3 is 2.46 bits per heavy atom. The van der Waals surface area contributed by atoms with Crippen LogP contribution in [0.15, 0.2) is 0 Å². The lowest BCUT2D eigenvalue weighted by Gasteiger charge is -2.61. The van der Waals surface area contributed by atoms with Crippen LogP contribution in [-0.4, -0.2) is 12.3 Å². The van der Waals surface area contributed by atoms with Gasteiger partial charge in [0, 0.05) is 11.8 Å². The van der Waals surface area contributed by atoms with E-state index >= 15 is 0 Å². The van der Waals surface area contributed by atoms with Crippen molar-refractivity contribution in [3.8, 4) is 0 Å². The van der Waals surface area contributed by atoms with Gasteiger partial charge < -0.3 is 5.73 Å². The van der Waals surface area contributed by atoms with Crippen LogP contribution in [0.1, 0.15) is 91.4 Å². The van der Waals surface area contributed by atoms with Crippen LogP contribution in [-0.2, 0) is 4.79 Å². The molecule has 0 aliphatic heterocycles. The third kappa shape index (κ3) is 2.57. The summed E-state index contributed by atoms with van der Waals surface area (Å²) in [7, 11) is 0. The molecule has 0 heterocycles. The summed E-state index contributed by atoms with van der Waals surface area (Å²) in [5, 5.41) is 0. The van der Waals surface area contributed by atoms with Crippen LogP contribution < -0.4 is 5.73 Å². The van der Waals surface area contributed by atoms with Gasteiger partial charge in [-0.15, -0.1) is 0 Å². The van der Waals surface area contributed by atoms with E-state index in [1.165, 1.54) is 57.8 Å². The molecule has 0 spiro atoms. The van der Waals surface area contributed by atoms with Crippen molar-refractivity contribution in [2.45, 2.75) is 91.4 Å². The Bertz CT molecular complexity index is 544. The van der Waals surface area contributed by atoms with E-state index in [0.717, 1.165) is 25.3 Å². The highest BCUT2D eigenvalue weighted by molar-refractivity contribution is 5.86. The summed E-state index contributed by atoms with van der Waals surface area (Å²) in [6.45, 7) is 8.23. The molecule has 2 heteroatoms. The predicted octanol–water partition coefficient (Wildman–Crippen LogP) is 5.59. The minimum Gasteiger partial charge on any atom is -0.330 e. The van der Waals surface area contributed by atoms with Crippen LogP contribution in [0.4, 0.5) is 0 Å². The Kier molecular flexibility index (Phi) is 5.04. The maximum absolute atomic E-state index is 13.8. The fourth-order valence-electron chi connectivity index (χ4n) is 8.66. The van der Waals surface area contributed by atoms with E-state index in [1.807, 2.05) is 0 Å². The van der Waals surface area contributed by atoms with E-state index in [-0.39, 0.29) is 0 Å². The number of carbonyl (C=O) groups excluding carboxylic acids is 1. The molecular formula is C24H41NO. The zero-order valence-corrected chi connectivity index (χ0v) is 17.4. The molecule has 6 unspecified atom stereocenters. The Labute approximate surface area is 161 Å². The van der Waals surface area contributed by atoms with Gasteiger partial charge in [0.15, 0.2) is 0 Å². The van der Waals surface area contributed by atoms with Gasteiger partial charge in [-0.05, 0) is 98.8 Å². The second-order valence-electron chi connectivity index (χ2n) is 10.8. The van der Waals surface area contributed by atoms with Crippen LogP contribution in [0, 0.1) is 46.3 Å². The molecule has 4 fully saturated rings. The van der Waals surface area contributed by atoms with E-state index in [2.05, 4.69) is 20.8 Å². The highest BCUT2D eigenvalue weighted by Crippen LogP contribution is 2.68. The molecule has 2 nitrogen and oxygen atoms in total.